The monoisotopic (exact) mass is 317 g/mol. The summed E-state index contributed by atoms with van der Waals surface area (Å²) in [5.41, 5.74) is 2.00. The van der Waals surface area contributed by atoms with Gasteiger partial charge in [0.25, 0.3) is 0 Å². The Balaban J connectivity index is 1.63. The van der Waals surface area contributed by atoms with Gasteiger partial charge in [-0.2, -0.15) is 0 Å². The second-order valence-corrected chi connectivity index (χ2v) is 6.82. The predicted molar refractivity (Wildman–Crippen MR) is 89.0 cm³/mol. The van der Waals surface area contributed by atoms with Crippen molar-refractivity contribution in [3.63, 3.8) is 0 Å². The number of amides is 1. The van der Waals surface area contributed by atoms with Gasteiger partial charge in [0.15, 0.2) is 0 Å². The minimum absolute atomic E-state index is 0.0125. The first-order chi connectivity index (χ1) is 11.1. The van der Waals surface area contributed by atoms with Crippen molar-refractivity contribution in [3.8, 4) is 0 Å². The van der Waals surface area contributed by atoms with Gasteiger partial charge < -0.3 is 10.2 Å². The van der Waals surface area contributed by atoms with Crippen molar-refractivity contribution in [1.82, 2.24) is 25.1 Å². The second-order valence-electron chi connectivity index (χ2n) is 6.82. The third-order valence-corrected chi connectivity index (χ3v) is 5.16. The molecular weight excluding hydrogens is 290 g/mol. The first-order valence-electron chi connectivity index (χ1n) is 8.61. The lowest BCUT2D eigenvalue weighted by Gasteiger charge is -2.29. The lowest BCUT2D eigenvalue weighted by atomic mass is 9.92. The van der Waals surface area contributed by atoms with Crippen molar-refractivity contribution in [3.05, 3.63) is 23.8 Å². The van der Waals surface area contributed by atoms with E-state index in [4.69, 9.17) is 0 Å². The lowest BCUT2D eigenvalue weighted by Crippen LogP contribution is -2.41. The molecule has 1 unspecified atom stereocenters. The van der Waals surface area contributed by atoms with Crippen LogP contribution >= 0.6 is 0 Å². The van der Waals surface area contributed by atoms with Gasteiger partial charge in [0, 0.05) is 18.3 Å². The molecular formula is C17H27N5O. The summed E-state index contributed by atoms with van der Waals surface area (Å²) < 4.78 is 0. The molecule has 1 aromatic rings. The highest BCUT2D eigenvalue weighted by Gasteiger charge is 2.28. The van der Waals surface area contributed by atoms with Crippen LogP contribution in [0.25, 0.3) is 0 Å². The van der Waals surface area contributed by atoms with Crippen molar-refractivity contribution in [1.29, 1.82) is 0 Å². The maximum absolute atomic E-state index is 12.4. The summed E-state index contributed by atoms with van der Waals surface area (Å²) in [5, 5.41) is 3.07. The van der Waals surface area contributed by atoms with E-state index in [0.29, 0.717) is 12.5 Å². The van der Waals surface area contributed by atoms with Crippen LogP contribution in [0.5, 0.6) is 0 Å². The van der Waals surface area contributed by atoms with Crippen LogP contribution in [0, 0.1) is 0 Å². The van der Waals surface area contributed by atoms with Gasteiger partial charge in [-0.3, -0.25) is 19.7 Å². The average molecular weight is 317 g/mol. The molecule has 2 fully saturated rings. The summed E-state index contributed by atoms with van der Waals surface area (Å²) in [6.45, 7) is 3.68. The largest absolute Gasteiger partial charge is 0.349 e. The first kappa shape index (κ1) is 16.3. The molecule has 6 heteroatoms. The first-order valence-corrected chi connectivity index (χ1v) is 8.61. The summed E-state index contributed by atoms with van der Waals surface area (Å²) in [7, 11) is 4.18. The molecule has 0 spiro atoms. The Morgan fingerprint density at radius 3 is 2.61 bits per heavy atom. The molecule has 1 amide bonds. The number of likely N-dealkylation sites (tertiary alicyclic amines) is 2. The Morgan fingerprint density at radius 2 is 1.91 bits per heavy atom. The van der Waals surface area contributed by atoms with Crippen LogP contribution in [0.2, 0.25) is 0 Å². The van der Waals surface area contributed by atoms with Gasteiger partial charge in [-0.25, -0.2) is 0 Å². The molecule has 3 rings (SSSR count). The Labute approximate surface area is 138 Å². The Morgan fingerprint density at radius 1 is 1.17 bits per heavy atom. The molecule has 0 saturated carbocycles. The van der Waals surface area contributed by atoms with E-state index >= 15 is 0 Å². The minimum Gasteiger partial charge on any atom is -0.349 e. The molecule has 0 radical (unpaired) electrons. The van der Waals surface area contributed by atoms with Crippen LogP contribution in [0.4, 0.5) is 0 Å². The molecule has 126 valence electrons. The molecule has 2 aliphatic rings. The molecule has 1 atom stereocenters. The van der Waals surface area contributed by atoms with Gasteiger partial charge in [0.1, 0.15) is 0 Å². The number of likely N-dealkylation sites (N-methyl/N-ethyl adjacent to an activating group) is 1. The molecule has 23 heavy (non-hydrogen) atoms. The zero-order valence-electron chi connectivity index (χ0n) is 14.2. The number of carbonyl (C=O) groups is 1. The second kappa shape index (κ2) is 7.36. The number of nitrogens with one attached hydrogen (secondary N) is 1. The molecule has 6 nitrogen and oxygen atoms in total. The Kier molecular flexibility index (Phi) is 5.23. The fourth-order valence-electron chi connectivity index (χ4n) is 3.67. The summed E-state index contributed by atoms with van der Waals surface area (Å²) in [6, 6.07) is 0.0125. The third kappa shape index (κ3) is 3.87. The SMILES string of the molecule is CN1CCC(c2nccnc2CNC(=O)C2CCCN2C)CC1. The molecule has 1 aromatic heterocycles. The van der Waals surface area contributed by atoms with Gasteiger partial charge >= 0.3 is 0 Å². The molecule has 3 heterocycles. The number of hydrogen-bond acceptors (Lipinski definition) is 5. The molecule has 2 aliphatic heterocycles. The standard InChI is InChI=1S/C17H27N5O/c1-21-10-5-13(6-11-21)16-14(18-7-8-19-16)12-20-17(23)15-4-3-9-22(15)2/h7-8,13,15H,3-6,9-12H2,1-2H3,(H,20,23). The summed E-state index contributed by atoms with van der Waals surface area (Å²) in [5.74, 6) is 0.575. The lowest BCUT2D eigenvalue weighted by molar-refractivity contribution is -0.125. The smallest absolute Gasteiger partial charge is 0.237 e. The van der Waals surface area contributed by atoms with Crippen LogP contribution in [0.3, 0.4) is 0 Å². The number of rotatable bonds is 4. The quantitative estimate of drug-likeness (QED) is 0.897. The molecule has 0 aliphatic carbocycles. The summed E-state index contributed by atoms with van der Waals surface area (Å²) in [6.07, 6.45) is 7.76. The Bertz CT molecular complexity index is 542. The van der Waals surface area contributed by atoms with E-state index in [2.05, 4.69) is 32.1 Å². The highest BCUT2D eigenvalue weighted by Crippen LogP contribution is 2.27. The van der Waals surface area contributed by atoms with Crippen molar-refractivity contribution >= 4 is 5.91 Å². The number of nitrogens with zero attached hydrogens (tertiary/aromatic N) is 4. The number of carbonyl (C=O) groups excluding carboxylic acids is 1. The zero-order chi connectivity index (χ0) is 16.2. The van der Waals surface area contributed by atoms with Crippen LogP contribution in [-0.2, 0) is 11.3 Å². The van der Waals surface area contributed by atoms with Crippen molar-refractivity contribution in [2.45, 2.75) is 44.2 Å². The molecule has 2 saturated heterocycles. The van der Waals surface area contributed by atoms with Gasteiger partial charge in [0.2, 0.25) is 5.91 Å². The van der Waals surface area contributed by atoms with Crippen molar-refractivity contribution in [2.24, 2.45) is 0 Å². The van der Waals surface area contributed by atoms with E-state index in [1.54, 1.807) is 12.4 Å². The van der Waals surface area contributed by atoms with Crippen molar-refractivity contribution < 1.29 is 4.79 Å². The maximum Gasteiger partial charge on any atom is 0.237 e. The topological polar surface area (TPSA) is 61.4 Å². The molecule has 1 N–H and O–H groups in total. The van der Waals surface area contributed by atoms with E-state index in [-0.39, 0.29) is 11.9 Å². The zero-order valence-corrected chi connectivity index (χ0v) is 14.2. The van der Waals surface area contributed by atoms with Gasteiger partial charge in [-0.05, 0) is 59.4 Å². The summed E-state index contributed by atoms with van der Waals surface area (Å²) >= 11 is 0. The van der Waals surface area contributed by atoms with E-state index in [1.165, 1.54) is 0 Å². The van der Waals surface area contributed by atoms with E-state index in [9.17, 15) is 4.79 Å². The highest BCUT2D eigenvalue weighted by atomic mass is 16.2. The van der Waals surface area contributed by atoms with E-state index < -0.39 is 0 Å². The molecule has 0 aromatic carbocycles. The molecule has 0 bridgehead atoms. The number of piperidine rings is 1. The van der Waals surface area contributed by atoms with Gasteiger partial charge in [-0.15, -0.1) is 0 Å². The average Bonchev–Trinajstić information content (AvgIpc) is 3.00. The number of hydrogen-bond donors (Lipinski definition) is 1. The maximum atomic E-state index is 12.4. The fourth-order valence-corrected chi connectivity index (χ4v) is 3.67. The summed E-state index contributed by atoms with van der Waals surface area (Å²) in [4.78, 5) is 25.9. The van der Waals surface area contributed by atoms with E-state index in [0.717, 1.165) is 56.7 Å². The van der Waals surface area contributed by atoms with Gasteiger partial charge in [-0.1, -0.05) is 0 Å². The fraction of sp³-hybridized carbons (Fsp3) is 0.706. The Hall–Kier alpha value is -1.53. The van der Waals surface area contributed by atoms with Gasteiger partial charge in [0.05, 0.1) is 24.0 Å². The van der Waals surface area contributed by atoms with Crippen LogP contribution in [-0.4, -0.2) is 65.4 Å². The van der Waals surface area contributed by atoms with Crippen LogP contribution in [0.1, 0.15) is 43.0 Å². The normalized spacial score (nSPS) is 24.0. The predicted octanol–water partition coefficient (Wildman–Crippen LogP) is 0.996. The van der Waals surface area contributed by atoms with E-state index in [1.807, 2.05) is 7.05 Å². The van der Waals surface area contributed by atoms with Crippen molar-refractivity contribution in [2.75, 3.05) is 33.7 Å². The highest BCUT2D eigenvalue weighted by molar-refractivity contribution is 5.81. The van der Waals surface area contributed by atoms with Crippen LogP contribution < -0.4 is 5.32 Å². The van der Waals surface area contributed by atoms with Crippen LogP contribution in [0.15, 0.2) is 12.4 Å². The third-order valence-electron chi connectivity index (χ3n) is 5.16. The minimum atomic E-state index is 0.0125. The number of aromatic nitrogens is 2.